The summed E-state index contributed by atoms with van der Waals surface area (Å²) in [5.41, 5.74) is 3.21. The van der Waals surface area contributed by atoms with E-state index in [0.717, 1.165) is 46.2 Å². The second kappa shape index (κ2) is 12.0. The number of nitrogens with one attached hydrogen (secondary N) is 1. The molecule has 36 heavy (non-hydrogen) atoms. The van der Waals surface area contributed by atoms with E-state index >= 15 is 0 Å². The Balaban J connectivity index is 1.43. The Morgan fingerprint density at radius 3 is 2.44 bits per heavy atom. The lowest BCUT2D eigenvalue weighted by Gasteiger charge is -2.13. The van der Waals surface area contributed by atoms with Gasteiger partial charge in [-0.3, -0.25) is 19.3 Å². The first-order valence-electron chi connectivity index (χ1n) is 10.7. The third kappa shape index (κ3) is 6.61. The molecule has 1 aliphatic rings. The van der Waals surface area contributed by atoms with Crippen LogP contribution >= 0.6 is 68.5 Å². The predicted molar refractivity (Wildman–Crippen MR) is 160 cm³/mol. The van der Waals surface area contributed by atoms with E-state index in [1.165, 1.54) is 0 Å². The maximum absolute atomic E-state index is 12.9. The van der Waals surface area contributed by atoms with Crippen LogP contribution in [0, 0.1) is 14.1 Å². The summed E-state index contributed by atoms with van der Waals surface area (Å²) < 4.78 is 7.79. The van der Waals surface area contributed by atoms with Crippen LogP contribution in [0.5, 0.6) is 5.75 Å². The van der Waals surface area contributed by atoms with E-state index < -0.39 is 17.1 Å². The maximum atomic E-state index is 12.9. The number of halogens is 3. The molecule has 184 valence electrons. The summed E-state index contributed by atoms with van der Waals surface area (Å²) in [6.45, 7) is 1.92. The van der Waals surface area contributed by atoms with Crippen molar-refractivity contribution >= 4 is 97.4 Å². The molecule has 0 radical (unpaired) electrons. The Labute approximate surface area is 245 Å². The van der Waals surface area contributed by atoms with Crippen LogP contribution in [-0.4, -0.2) is 28.5 Å². The molecule has 0 saturated carbocycles. The Hall–Kier alpha value is -2.09. The molecule has 0 aliphatic carbocycles. The zero-order chi connectivity index (χ0) is 25.8. The molecule has 3 amide bonds. The van der Waals surface area contributed by atoms with Crippen molar-refractivity contribution < 1.29 is 19.1 Å². The summed E-state index contributed by atoms with van der Waals surface area (Å²) in [5.74, 6) is -0.225. The van der Waals surface area contributed by atoms with E-state index in [0.29, 0.717) is 17.3 Å². The number of carbonyl (C=O) groups is 3. The number of benzene rings is 3. The van der Waals surface area contributed by atoms with Gasteiger partial charge in [-0.2, -0.15) is 0 Å². The van der Waals surface area contributed by atoms with Gasteiger partial charge in [0, 0.05) is 10.7 Å². The molecule has 1 aliphatic heterocycles. The number of rotatable bonds is 7. The van der Waals surface area contributed by atoms with Gasteiger partial charge in [-0.05, 0) is 111 Å². The molecule has 1 fully saturated rings. The minimum absolute atomic E-state index is 0.260. The topological polar surface area (TPSA) is 75.7 Å². The smallest absolute Gasteiger partial charge is 0.294 e. The molecule has 0 atom stereocenters. The van der Waals surface area contributed by atoms with Crippen molar-refractivity contribution in [1.82, 2.24) is 4.90 Å². The highest BCUT2D eigenvalue weighted by Crippen LogP contribution is 2.35. The third-order valence-electron chi connectivity index (χ3n) is 5.18. The fourth-order valence-corrected chi connectivity index (χ4v) is 6.48. The van der Waals surface area contributed by atoms with Crippen molar-refractivity contribution in [2.45, 2.75) is 13.5 Å². The molecule has 1 heterocycles. The summed E-state index contributed by atoms with van der Waals surface area (Å²) in [5, 5.41) is 2.70. The SMILES string of the molecule is Cc1ccc(NC(=O)CN2C(=O)S/C(=C/c3cc(I)c(OCc4ccccc4)c(I)c3)C2=O)cc1Cl. The first-order valence-corrected chi connectivity index (χ1v) is 14.0. The van der Waals surface area contributed by atoms with Gasteiger partial charge in [0.05, 0.1) is 12.0 Å². The third-order valence-corrected chi connectivity index (χ3v) is 8.09. The van der Waals surface area contributed by atoms with Crippen LogP contribution in [0.2, 0.25) is 5.02 Å². The monoisotopic (exact) mass is 744 g/mol. The van der Waals surface area contributed by atoms with Crippen molar-refractivity contribution in [3.8, 4) is 5.75 Å². The number of thioether (sulfide) groups is 1. The molecule has 3 aromatic rings. The van der Waals surface area contributed by atoms with E-state index in [1.807, 2.05) is 49.4 Å². The Bertz CT molecular complexity index is 1360. The first kappa shape index (κ1) is 27.0. The molecular weight excluding hydrogens is 726 g/mol. The number of imide groups is 1. The molecule has 3 aromatic carbocycles. The van der Waals surface area contributed by atoms with E-state index in [1.54, 1.807) is 24.3 Å². The summed E-state index contributed by atoms with van der Waals surface area (Å²) in [4.78, 5) is 39.0. The number of amides is 3. The Morgan fingerprint density at radius 1 is 1.08 bits per heavy atom. The van der Waals surface area contributed by atoms with Crippen LogP contribution in [0.3, 0.4) is 0 Å². The largest absolute Gasteiger partial charge is 0.487 e. The van der Waals surface area contributed by atoms with Crippen molar-refractivity contribution in [1.29, 1.82) is 0 Å². The Kier molecular flexibility index (Phi) is 8.96. The van der Waals surface area contributed by atoms with Gasteiger partial charge in [0.2, 0.25) is 5.91 Å². The van der Waals surface area contributed by atoms with Gasteiger partial charge < -0.3 is 10.1 Å². The second-order valence-corrected chi connectivity index (χ2v) is 11.6. The van der Waals surface area contributed by atoms with Crippen molar-refractivity contribution in [2.75, 3.05) is 11.9 Å². The molecule has 0 bridgehead atoms. The number of carbonyl (C=O) groups excluding carboxylic acids is 3. The van der Waals surface area contributed by atoms with E-state index in [-0.39, 0.29) is 11.4 Å². The fraction of sp³-hybridized carbons (Fsp3) is 0.115. The number of hydrogen-bond donors (Lipinski definition) is 1. The molecule has 0 aromatic heterocycles. The quantitative estimate of drug-likeness (QED) is 0.206. The highest BCUT2D eigenvalue weighted by Gasteiger charge is 2.36. The van der Waals surface area contributed by atoms with Gasteiger partial charge in [0.1, 0.15) is 18.9 Å². The van der Waals surface area contributed by atoms with Crippen molar-refractivity contribution in [3.05, 3.63) is 94.4 Å². The van der Waals surface area contributed by atoms with Gasteiger partial charge in [-0.1, -0.05) is 48.0 Å². The number of ether oxygens (including phenoxy) is 1. The normalized spacial score (nSPS) is 14.4. The molecule has 0 unspecified atom stereocenters. The molecule has 1 saturated heterocycles. The molecule has 0 spiro atoms. The summed E-state index contributed by atoms with van der Waals surface area (Å²) in [7, 11) is 0. The fourth-order valence-electron chi connectivity index (χ4n) is 3.33. The van der Waals surface area contributed by atoms with E-state index in [4.69, 9.17) is 16.3 Å². The van der Waals surface area contributed by atoms with Crippen LogP contribution in [0.25, 0.3) is 6.08 Å². The Morgan fingerprint density at radius 2 is 1.78 bits per heavy atom. The van der Waals surface area contributed by atoms with Crippen LogP contribution in [0.1, 0.15) is 16.7 Å². The highest BCUT2D eigenvalue weighted by molar-refractivity contribution is 14.1. The minimum atomic E-state index is -0.503. The van der Waals surface area contributed by atoms with Gasteiger partial charge in [-0.25, -0.2) is 0 Å². The summed E-state index contributed by atoms with van der Waals surface area (Å²) in [6, 6.07) is 18.8. The lowest BCUT2D eigenvalue weighted by molar-refractivity contribution is -0.127. The van der Waals surface area contributed by atoms with Gasteiger partial charge >= 0.3 is 0 Å². The maximum Gasteiger partial charge on any atom is 0.294 e. The van der Waals surface area contributed by atoms with E-state index in [2.05, 4.69) is 50.5 Å². The van der Waals surface area contributed by atoms with Crippen LogP contribution < -0.4 is 10.1 Å². The van der Waals surface area contributed by atoms with Crippen LogP contribution in [0.15, 0.2) is 65.6 Å². The molecular formula is C26H19ClI2N2O4S. The molecule has 10 heteroatoms. The standard InChI is InChI=1S/C26H19ClI2N2O4S/c1-15-7-8-18(12-19(15)27)30-23(32)13-31-25(33)22(36-26(31)34)11-17-9-20(28)24(21(29)10-17)35-14-16-5-3-2-4-6-16/h2-12H,13-14H2,1H3,(H,30,32)/b22-11+. The number of anilines is 1. The molecule has 4 rings (SSSR count). The first-order chi connectivity index (χ1) is 17.2. The van der Waals surface area contributed by atoms with Crippen LogP contribution in [0.4, 0.5) is 10.5 Å². The van der Waals surface area contributed by atoms with Crippen molar-refractivity contribution in [3.63, 3.8) is 0 Å². The lowest BCUT2D eigenvalue weighted by atomic mass is 10.2. The van der Waals surface area contributed by atoms with Gasteiger partial charge in [-0.15, -0.1) is 0 Å². The minimum Gasteiger partial charge on any atom is -0.487 e. The average Bonchev–Trinajstić information content (AvgIpc) is 3.09. The number of aryl methyl sites for hydroxylation is 1. The highest BCUT2D eigenvalue weighted by atomic mass is 127. The average molecular weight is 745 g/mol. The lowest BCUT2D eigenvalue weighted by Crippen LogP contribution is -2.36. The second-order valence-electron chi connectivity index (χ2n) is 7.87. The zero-order valence-electron chi connectivity index (χ0n) is 18.9. The zero-order valence-corrected chi connectivity index (χ0v) is 24.8. The molecule has 1 N–H and O–H groups in total. The number of nitrogens with zero attached hydrogens (tertiary/aromatic N) is 1. The summed E-state index contributed by atoms with van der Waals surface area (Å²) >= 11 is 11.3. The van der Waals surface area contributed by atoms with Crippen molar-refractivity contribution in [2.24, 2.45) is 0 Å². The molecule has 6 nitrogen and oxygen atoms in total. The summed E-state index contributed by atoms with van der Waals surface area (Å²) in [6.07, 6.45) is 1.66. The van der Waals surface area contributed by atoms with Gasteiger partial charge in [0.25, 0.3) is 11.1 Å². The number of hydrogen-bond acceptors (Lipinski definition) is 5. The van der Waals surface area contributed by atoms with Crippen LogP contribution in [-0.2, 0) is 16.2 Å². The van der Waals surface area contributed by atoms with Gasteiger partial charge in [0.15, 0.2) is 0 Å². The predicted octanol–water partition coefficient (Wildman–Crippen LogP) is 7.11. The van der Waals surface area contributed by atoms with E-state index in [9.17, 15) is 14.4 Å².